The Labute approximate surface area is 129 Å². The topological polar surface area (TPSA) is 55.1 Å². The van der Waals surface area contributed by atoms with Gasteiger partial charge in [-0.2, -0.15) is 0 Å². The van der Waals surface area contributed by atoms with Gasteiger partial charge in [-0.15, -0.1) is 0 Å². The first kappa shape index (κ1) is 15.4. The molecule has 0 unspecified atom stereocenters. The number of hydrogen-bond acceptors (Lipinski definition) is 2. The molecule has 3 nitrogen and oxygen atoms in total. The van der Waals surface area contributed by atoms with Gasteiger partial charge >= 0.3 is 0 Å². The predicted molar refractivity (Wildman–Crippen MR) is 87.7 cm³/mol. The molecular formula is C16H23BrN2O. The van der Waals surface area contributed by atoms with E-state index in [1.54, 1.807) is 0 Å². The highest BCUT2D eigenvalue weighted by molar-refractivity contribution is 9.10. The second-order valence-electron chi connectivity index (χ2n) is 5.78. The molecule has 0 spiro atoms. The van der Waals surface area contributed by atoms with E-state index in [0.717, 1.165) is 28.1 Å². The molecule has 1 saturated carbocycles. The smallest absolute Gasteiger partial charge is 0.224 e. The normalized spacial score (nSPS) is 16.1. The molecule has 1 fully saturated rings. The van der Waals surface area contributed by atoms with Crippen LogP contribution in [0.4, 0.5) is 11.4 Å². The molecule has 2 rings (SSSR count). The first-order valence-electron chi connectivity index (χ1n) is 7.41. The highest BCUT2D eigenvalue weighted by atomic mass is 79.9. The number of nitrogen functional groups attached to an aromatic ring is 1. The van der Waals surface area contributed by atoms with Gasteiger partial charge in [0.25, 0.3) is 0 Å². The molecule has 1 amide bonds. The van der Waals surface area contributed by atoms with E-state index in [1.807, 2.05) is 19.1 Å². The van der Waals surface area contributed by atoms with Crippen molar-refractivity contribution in [3.8, 4) is 0 Å². The Bertz CT molecular complexity index is 458. The molecule has 0 radical (unpaired) electrons. The van der Waals surface area contributed by atoms with Crippen molar-refractivity contribution >= 4 is 33.2 Å². The lowest BCUT2D eigenvalue weighted by Crippen LogP contribution is -2.16. The van der Waals surface area contributed by atoms with E-state index in [2.05, 4.69) is 21.2 Å². The zero-order valence-electron chi connectivity index (χ0n) is 12.0. The van der Waals surface area contributed by atoms with E-state index < -0.39 is 0 Å². The van der Waals surface area contributed by atoms with Crippen molar-refractivity contribution in [3.63, 3.8) is 0 Å². The van der Waals surface area contributed by atoms with Gasteiger partial charge in [0.1, 0.15) is 0 Å². The molecule has 0 saturated heterocycles. The molecule has 110 valence electrons. The van der Waals surface area contributed by atoms with Crippen LogP contribution in [-0.4, -0.2) is 5.91 Å². The Morgan fingerprint density at radius 2 is 2.05 bits per heavy atom. The number of amides is 1. The van der Waals surface area contributed by atoms with Crippen molar-refractivity contribution in [2.75, 3.05) is 11.1 Å². The Hall–Kier alpha value is -1.03. The minimum Gasteiger partial charge on any atom is -0.397 e. The van der Waals surface area contributed by atoms with Crippen LogP contribution in [0.25, 0.3) is 0 Å². The van der Waals surface area contributed by atoms with Gasteiger partial charge in [0.2, 0.25) is 5.91 Å². The number of nitrogens with two attached hydrogens (primary N) is 1. The van der Waals surface area contributed by atoms with Gasteiger partial charge in [0, 0.05) is 10.9 Å². The van der Waals surface area contributed by atoms with Crippen molar-refractivity contribution in [1.29, 1.82) is 0 Å². The van der Waals surface area contributed by atoms with Crippen LogP contribution in [-0.2, 0) is 4.79 Å². The number of halogens is 1. The quantitative estimate of drug-likeness (QED) is 0.785. The first-order valence-corrected chi connectivity index (χ1v) is 8.21. The Balaban J connectivity index is 1.88. The number of hydrogen-bond donors (Lipinski definition) is 2. The average molecular weight is 339 g/mol. The van der Waals surface area contributed by atoms with Gasteiger partial charge in [-0.25, -0.2) is 0 Å². The number of nitrogens with one attached hydrogen (secondary N) is 1. The molecule has 1 aromatic rings. The number of aryl methyl sites for hydroxylation is 1. The van der Waals surface area contributed by atoms with Crippen molar-refractivity contribution in [2.45, 2.75) is 51.9 Å². The van der Waals surface area contributed by atoms with Crippen LogP contribution in [0.5, 0.6) is 0 Å². The fourth-order valence-electron chi connectivity index (χ4n) is 2.95. The fraction of sp³-hybridized carbons (Fsp3) is 0.562. The average Bonchev–Trinajstić information content (AvgIpc) is 2.42. The summed E-state index contributed by atoms with van der Waals surface area (Å²) in [6, 6.07) is 3.79. The van der Waals surface area contributed by atoms with Gasteiger partial charge in [0.15, 0.2) is 0 Å². The maximum atomic E-state index is 12.1. The fourth-order valence-corrected chi connectivity index (χ4v) is 3.54. The predicted octanol–water partition coefficient (Wildman–Crippen LogP) is 4.64. The number of rotatable bonds is 4. The molecule has 1 aliphatic rings. The lowest BCUT2D eigenvalue weighted by atomic mass is 9.86. The summed E-state index contributed by atoms with van der Waals surface area (Å²) in [7, 11) is 0. The molecule has 4 heteroatoms. The molecule has 1 aromatic carbocycles. The standard InChI is InChI=1S/C16H23BrN2O/c1-11-9-13(17)10-14(18)16(11)19-15(20)8-7-12-5-3-2-4-6-12/h9-10,12H,2-8,18H2,1H3,(H,19,20). The second-order valence-corrected chi connectivity index (χ2v) is 6.69. The van der Waals surface area contributed by atoms with Crippen LogP contribution >= 0.6 is 15.9 Å². The van der Waals surface area contributed by atoms with Gasteiger partial charge < -0.3 is 11.1 Å². The molecule has 3 N–H and O–H groups in total. The van der Waals surface area contributed by atoms with E-state index in [9.17, 15) is 4.79 Å². The van der Waals surface area contributed by atoms with Crippen LogP contribution in [0.2, 0.25) is 0 Å². The Kier molecular flexibility index (Phi) is 5.46. The number of carbonyl (C=O) groups is 1. The molecule has 0 aliphatic heterocycles. The summed E-state index contributed by atoms with van der Waals surface area (Å²) < 4.78 is 0.938. The molecule has 0 aromatic heterocycles. The van der Waals surface area contributed by atoms with Crippen LogP contribution in [0.15, 0.2) is 16.6 Å². The summed E-state index contributed by atoms with van der Waals surface area (Å²) in [6.07, 6.45) is 8.17. The number of anilines is 2. The molecular weight excluding hydrogens is 316 g/mol. The zero-order valence-corrected chi connectivity index (χ0v) is 13.6. The summed E-state index contributed by atoms with van der Waals surface area (Å²) in [6.45, 7) is 1.96. The van der Waals surface area contributed by atoms with Crippen LogP contribution in [0.1, 0.15) is 50.5 Å². The molecule has 0 bridgehead atoms. The van der Waals surface area contributed by atoms with Crippen LogP contribution in [0.3, 0.4) is 0 Å². The zero-order chi connectivity index (χ0) is 14.5. The second kappa shape index (κ2) is 7.11. The van der Waals surface area contributed by atoms with Crippen LogP contribution < -0.4 is 11.1 Å². The van der Waals surface area contributed by atoms with E-state index in [0.29, 0.717) is 12.1 Å². The van der Waals surface area contributed by atoms with Gasteiger partial charge in [0.05, 0.1) is 11.4 Å². The SMILES string of the molecule is Cc1cc(Br)cc(N)c1NC(=O)CCC1CCCCC1. The lowest BCUT2D eigenvalue weighted by molar-refractivity contribution is -0.116. The Morgan fingerprint density at radius 1 is 1.35 bits per heavy atom. The molecule has 0 atom stereocenters. The lowest BCUT2D eigenvalue weighted by Gasteiger charge is -2.21. The summed E-state index contributed by atoms with van der Waals surface area (Å²) >= 11 is 3.40. The number of carbonyl (C=O) groups excluding carboxylic acids is 1. The van der Waals surface area contributed by atoms with E-state index in [4.69, 9.17) is 5.73 Å². The van der Waals surface area contributed by atoms with Gasteiger partial charge in [-0.3, -0.25) is 4.79 Å². The van der Waals surface area contributed by atoms with Crippen molar-refractivity contribution < 1.29 is 4.79 Å². The Morgan fingerprint density at radius 3 is 2.70 bits per heavy atom. The van der Waals surface area contributed by atoms with E-state index in [-0.39, 0.29) is 5.91 Å². The van der Waals surface area contributed by atoms with Crippen molar-refractivity contribution in [3.05, 3.63) is 22.2 Å². The summed E-state index contributed by atoms with van der Waals surface area (Å²) in [4.78, 5) is 12.1. The minimum atomic E-state index is 0.0766. The van der Waals surface area contributed by atoms with Gasteiger partial charge in [-0.05, 0) is 37.0 Å². The molecule has 1 aliphatic carbocycles. The molecule has 0 heterocycles. The first-order chi connectivity index (χ1) is 9.56. The van der Waals surface area contributed by atoms with E-state index >= 15 is 0 Å². The largest absolute Gasteiger partial charge is 0.397 e. The maximum absolute atomic E-state index is 12.1. The third-order valence-electron chi connectivity index (χ3n) is 4.10. The van der Waals surface area contributed by atoms with Crippen molar-refractivity contribution in [2.24, 2.45) is 5.92 Å². The third-order valence-corrected chi connectivity index (χ3v) is 4.56. The highest BCUT2D eigenvalue weighted by Crippen LogP contribution is 2.29. The monoisotopic (exact) mass is 338 g/mol. The van der Waals surface area contributed by atoms with Crippen molar-refractivity contribution in [1.82, 2.24) is 0 Å². The summed E-state index contributed by atoms with van der Waals surface area (Å²) in [5, 5.41) is 2.96. The summed E-state index contributed by atoms with van der Waals surface area (Å²) in [5.41, 5.74) is 8.32. The highest BCUT2D eigenvalue weighted by Gasteiger charge is 2.15. The third kappa shape index (κ3) is 4.23. The van der Waals surface area contributed by atoms with Crippen LogP contribution in [0, 0.1) is 12.8 Å². The number of benzene rings is 1. The van der Waals surface area contributed by atoms with E-state index in [1.165, 1.54) is 32.1 Å². The summed E-state index contributed by atoms with van der Waals surface area (Å²) in [5.74, 6) is 0.811. The minimum absolute atomic E-state index is 0.0766. The van der Waals surface area contributed by atoms with Gasteiger partial charge in [-0.1, -0.05) is 48.0 Å². The maximum Gasteiger partial charge on any atom is 0.224 e. The molecule has 20 heavy (non-hydrogen) atoms.